The first kappa shape index (κ1) is 17.6. The van der Waals surface area contributed by atoms with Crippen molar-refractivity contribution in [3.63, 3.8) is 0 Å². The Morgan fingerprint density at radius 2 is 1.96 bits per heavy atom. The second kappa shape index (κ2) is 7.81. The van der Waals surface area contributed by atoms with E-state index in [-0.39, 0.29) is 11.7 Å². The molecule has 0 aliphatic carbocycles. The maximum Gasteiger partial charge on any atom is 0.275 e. The number of hydrogen-bond donors (Lipinski definition) is 1. The summed E-state index contributed by atoms with van der Waals surface area (Å²) in [4.78, 5) is 23.4. The lowest BCUT2D eigenvalue weighted by molar-refractivity contribution is 0.102. The number of pyridine rings is 1. The SMILES string of the molecule is O=C(Nc1ccc(F)cc1)c1csc(-c2ccnc(N3CCOCC3)c2)n1. The first-order valence-electron chi connectivity index (χ1n) is 8.50. The van der Waals surface area contributed by atoms with Gasteiger partial charge in [0.1, 0.15) is 22.3 Å². The van der Waals surface area contributed by atoms with Crippen molar-refractivity contribution < 1.29 is 13.9 Å². The Labute approximate surface area is 159 Å². The molecule has 1 aromatic carbocycles. The van der Waals surface area contributed by atoms with Gasteiger partial charge in [-0.25, -0.2) is 14.4 Å². The quantitative estimate of drug-likeness (QED) is 0.746. The molecule has 0 atom stereocenters. The molecule has 8 heteroatoms. The number of benzene rings is 1. The Morgan fingerprint density at radius 1 is 1.19 bits per heavy atom. The van der Waals surface area contributed by atoms with Crippen molar-refractivity contribution in [1.82, 2.24) is 9.97 Å². The molecular weight excluding hydrogens is 367 g/mol. The number of amides is 1. The standard InChI is InChI=1S/C19H17FN4O2S/c20-14-1-3-15(4-2-14)22-18(25)16-12-27-19(23-16)13-5-6-21-17(11-13)24-7-9-26-10-8-24/h1-6,11-12H,7-10H2,(H,22,25). The van der Waals surface area contributed by atoms with Gasteiger partial charge in [0.05, 0.1) is 13.2 Å². The number of nitrogens with zero attached hydrogens (tertiary/aromatic N) is 3. The molecule has 0 unspecified atom stereocenters. The van der Waals surface area contributed by atoms with Crippen LogP contribution >= 0.6 is 11.3 Å². The number of morpholine rings is 1. The minimum Gasteiger partial charge on any atom is -0.378 e. The van der Waals surface area contributed by atoms with Crippen molar-refractivity contribution in [1.29, 1.82) is 0 Å². The third kappa shape index (κ3) is 4.12. The predicted octanol–water partition coefficient (Wildman–Crippen LogP) is 3.43. The van der Waals surface area contributed by atoms with Gasteiger partial charge in [-0.2, -0.15) is 0 Å². The summed E-state index contributed by atoms with van der Waals surface area (Å²) in [6, 6.07) is 9.48. The highest BCUT2D eigenvalue weighted by atomic mass is 32.1. The minimum absolute atomic E-state index is 0.323. The number of halogens is 1. The lowest BCUT2D eigenvalue weighted by Gasteiger charge is -2.27. The van der Waals surface area contributed by atoms with Crippen molar-refractivity contribution in [3.05, 3.63) is 59.5 Å². The van der Waals surface area contributed by atoms with Crippen LogP contribution in [0.2, 0.25) is 0 Å². The van der Waals surface area contributed by atoms with Crippen molar-refractivity contribution in [2.24, 2.45) is 0 Å². The monoisotopic (exact) mass is 384 g/mol. The van der Waals surface area contributed by atoms with E-state index >= 15 is 0 Å². The molecule has 3 aromatic rings. The molecule has 3 heterocycles. The zero-order valence-electron chi connectivity index (χ0n) is 14.4. The number of nitrogens with one attached hydrogen (secondary N) is 1. The van der Waals surface area contributed by atoms with Crippen LogP contribution in [0.15, 0.2) is 48.0 Å². The molecule has 4 rings (SSSR count). The number of carbonyl (C=O) groups excluding carboxylic acids is 1. The maximum atomic E-state index is 13.0. The summed E-state index contributed by atoms with van der Waals surface area (Å²) in [6.45, 7) is 2.99. The number of hydrogen-bond acceptors (Lipinski definition) is 6. The van der Waals surface area contributed by atoms with Crippen LogP contribution in [0, 0.1) is 5.82 Å². The first-order valence-corrected chi connectivity index (χ1v) is 9.38. The average molecular weight is 384 g/mol. The molecule has 138 valence electrons. The van der Waals surface area contributed by atoms with Gasteiger partial charge in [-0.05, 0) is 36.4 Å². The summed E-state index contributed by atoms with van der Waals surface area (Å²) in [7, 11) is 0. The fourth-order valence-electron chi connectivity index (χ4n) is 2.76. The highest BCUT2D eigenvalue weighted by molar-refractivity contribution is 7.13. The van der Waals surface area contributed by atoms with Gasteiger partial charge < -0.3 is 15.0 Å². The predicted molar refractivity (Wildman–Crippen MR) is 103 cm³/mol. The van der Waals surface area contributed by atoms with Gasteiger partial charge in [0.15, 0.2) is 0 Å². The third-order valence-electron chi connectivity index (χ3n) is 4.17. The van der Waals surface area contributed by atoms with Crippen LogP contribution in [-0.4, -0.2) is 42.2 Å². The normalized spacial score (nSPS) is 14.2. The van der Waals surface area contributed by atoms with Crippen LogP contribution in [0.1, 0.15) is 10.5 Å². The summed E-state index contributed by atoms with van der Waals surface area (Å²) >= 11 is 1.40. The Hall–Kier alpha value is -2.84. The molecule has 1 aliphatic heterocycles. The van der Waals surface area contributed by atoms with Crippen molar-refractivity contribution in [2.45, 2.75) is 0 Å². The Kier molecular flexibility index (Phi) is 5.08. The topological polar surface area (TPSA) is 67.4 Å². The molecule has 0 radical (unpaired) electrons. The molecule has 2 aromatic heterocycles. The number of rotatable bonds is 4. The number of anilines is 2. The highest BCUT2D eigenvalue weighted by Crippen LogP contribution is 2.27. The molecule has 0 bridgehead atoms. The van der Waals surface area contributed by atoms with Gasteiger partial charge in [-0.1, -0.05) is 0 Å². The van der Waals surface area contributed by atoms with Gasteiger partial charge in [-0.3, -0.25) is 4.79 Å². The van der Waals surface area contributed by atoms with E-state index in [9.17, 15) is 9.18 Å². The summed E-state index contributed by atoms with van der Waals surface area (Å²) in [5, 5.41) is 5.18. The minimum atomic E-state index is -0.349. The molecule has 0 spiro atoms. The number of thiazole rings is 1. The molecule has 1 N–H and O–H groups in total. The van der Waals surface area contributed by atoms with Crippen LogP contribution in [0.3, 0.4) is 0 Å². The van der Waals surface area contributed by atoms with E-state index in [2.05, 4.69) is 20.2 Å². The smallest absolute Gasteiger partial charge is 0.275 e. The van der Waals surface area contributed by atoms with Crippen LogP contribution in [0.5, 0.6) is 0 Å². The molecule has 27 heavy (non-hydrogen) atoms. The third-order valence-corrected chi connectivity index (χ3v) is 5.06. The molecular formula is C19H17FN4O2S. The molecule has 0 saturated carbocycles. The summed E-state index contributed by atoms with van der Waals surface area (Å²) in [5.41, 5.74) is 1.76. The summed E-state index contributed by atoms with van der Waals surface area (Å²) < 4.78 is 18.3. The second-order valence-corrected chi connectivity index (χ2v) is 6.86. The fourth-order valence-corrected chi connectivity index (χ4v) is 3.55. The van der Waals surface area contributed by atoms with Crippen LogP contribution in [-0.2, 0) is 4.74 Å². The van der Waals surface area contributed by atoms with Gasteiger partial charge >= 0.3 is 0 Å². The Bertz CT molecular complexity index is 939. The van der Waals surface area contributed by atoms with Gasteiger partial charge in [-0.15, -0.1) is 11.3 Å². The molecule has 1 aliphatic rings. The Morgan fingerprint density at radius 3 is 2.74 bits per heavy atom. The zero-order chi connectivity index (χ0) is 18.6. The van der Waals surface area contributed by atoms with E-state index in [1.165, 1.54) is 35.6 Å². The fraction of sp³-hybridized carbons (Fsp3) is 0.211. The van der Waals surface area contributed by atoms with Crippen molar-refractivity contribution in [2.75, 3.05) is 36.5 Å². The highest BCUT2D eigenvalue weighted by Gasteiger charge is 2.16. The summed E-state index contributed by atoms with van der Waals surface area (Å²) in [6.07, 6.45) is 1.75. The van der Waals surface area contributed by atoms with Crippen molar-refractivity contribution >= 4 is 28.7 Å². The molecule has 1 saturated heterocycles. The van der Waals surface area contributed by atoms with E-state index in [0.717, 1.165) is 29.5 Å². The van der Waals surface area contributed by atoms with Crippen LogP contribution < -0.4 is 10.2 Å². The first-order chi connectivity index (χ1) is 13.2. The number of ether oxygens (including phenoxy) is 1. The molecule has 1 fully saturated rings. The van der Waals surface area contributed by atoms with Crippen molar-refractivity contribution in [3.8, 4) is 10.6 Å². The second-order valence-electron chi connectivity index (χ2n) is 6.00. The number of aromatic nitrogens is 2. The van der Waals surface area contributed by atoms with E-state index < -0.39 is 0 Å². The zero-order valence-corrected chi connectivity index (χ0v) is 15.2. The van der Waals surface area contributed by atoms with Gasteiger partial charge in [0.25, 0.3) is 5.91 Å². The van der Waals surface area contributed by atoms with E-state index in [0.29, 0.717) is 24.6 Å². The Balaban J connectivity index is 1.50. The van der Waals surface area contributed by atoms with Gasteiger partial charge in [0, 0.05) is 35.9 Å². The summed E-state index contributed by atoms with van der Waals surface area (Å²) in [5.74, 6) is 0.201. The van der Waals surface area contributed by atoms with Gasteiger partial charge in [0.2, 0.25) is 0 Å². The lowest BCUT2D eigenvalue weighted by Crippen LogP contribution is -2.36. The lowest BCUT2D eigenvalue weighted by atomic mass is 10.2. The van der Waals surface area contributed by atoms with E-state index in [1.54, 1.807) is 11.6 Å². The maximum absolute atomic E-state index is 13.0. The van der Waals surface area contributed by atoms with Crippen LogP contribution in [0.25, 0.3) is 10.6 Å². The molecule has 1 amide bonds. The van der Waals surface area contributed by atoms with E-state index in [1.807, 2.05) is 12.1 Å². The molecule has 6 nitrogen and oxygen atoms in total. The number of carbonyl (C=O) groups is 1. The van der Waals surface area contributed by atoms with E-state index in [4.69, 9.17) is 4.74 Å². The largest absolute Gasteiger partial charge is 0.378 e. The average Bonchev–Trinajstić information content (AvgIpc) is 3.21. The van der Waals surface area contributed by atoms with Crippen LogP contribution in [0.4, 0.5) is 15.9 Å².